The molecule has 0 spiro atoms. The predicted molar refractivity (Wildman–Crippen MR) is 163 cm³/mol. The van der Waals surface area contributed by atoms with Crippen LogP contribution in [0.25, 0.3) is 0 Å². The molecule has 0 saturated carbocycles. The number of methoxy groups -OCH3 is 2. The van der Waals surface area contributed by atoms with Gasteiger partial charge in [0.1, 0.15) is 11.5 Å². The fourth-order valence-electron chi connectivity index (χ4n) is 5.85. The third-order valence-corrected chi connectivity index (χ3v) is 7.97. The average molecular weight is 561 g/mol. The highest BCUT2D eigenvalue weighted by Crippen LogP contribution is 2.36. The molecule has 0 radical (unpaired) electrons. The van der Waals surface area contributed by atoms with Gasteiger partial charge >= 0.3 is 0 Å². The number of ether oxygens (including phenoxy) is 3. The first kappa shape index (κ1) is 36.0. The Hall–Kier alpha value is -1.99. The lowest BCUT2D eigenvalue weighted by molar-refractivity contribution is -0.145. The molecule has 0 aliphatic heterocycles. The van der Waals surface area contributed by atoms with Gasteiger partial charge in [0.05, 0.1) is 37.4 Å². The van der Waals surface area contributed by atoms with Crippen molar-refractivity contribution < 1.29 is 29.2 Å². The van der Waals surface area contributed by atoms with Gasteiger partial charge in [0.2, 0.25) is 0 Å². The van der Waals surface area contributed by atoms with Crippen LogP contribution in [0.15, 0.2) is 47.6 Å². The highest BCUT2D eigenvalue weighted by atomic mass is 16.5. The van der Waals surface area contributed by atoms with Gasteiger partial charge in [-0.05, 0) is 68.7 Å². The van der Waals surface area contributed by atoms with E-state index in [1.54, 1.807) is 14.2 Å². The molecule has 0 saturated heterocycles. The molecule has 2 N–H and O–H groups in total. The van der Waals surface area contributed by atoms with Gasteiger partial charge in [0, 0.05) is 25.6 Å². The number of hydrogen-bond donors (Lipinski definition) is 2. The van der Waals surface area contributed by atoms with Gasteiger partial charge in [0.15, 0.2) is 0 Å². The summed E-state index contributed by atoms with van der Waals surface area (Å²) in [5, 5.41) is 21.9. The maximum atomic E-state index is 13.7. The number of allylic oxidation sites excluding steroid dienone is 3. The van der Waals surface area contributed by atoms with Crippen molar-refractivity contribution in [2.24, 2.45) is 29.1 Å². The molecule has 1 rings (SSSR count). The Kier molecular flexibility index (Phi) is 15.4. The summed E-state index contributed by atoms with van der Waals surface area (Å²) >= 11 is 0. The van der Waals surface area contributed by atoms with E-state index in [-0.39, 0.29) is 29.5 Å². The molecule has 40 heavy (non-hydrogen) atoms. The maximum absolute atomic E-state index is 13.7. The van der Waals surface area contributed by atoms with Gasteiger partial charge in [-0.1, -0.05) is 71.4 Å². The van der Waals surface area contributed by atoms with E-state index in [1.807, 2.05) is 65.8 Å². The number of Topliss-reactive ketones (excluding diaryl/α,β-unsaturated/α-hetero) is 1. The van der Waals surface area contributed by atoms with E-state index in [2.05, 4.69) is 32.9 Å². The average Bonchev–Trinajstić information content (AvgIpc) is 2.89. The third kappa shape index (κ3) is 11.1. The van der Waals surface area contributed by atoms with E-state index in [4.69, 9.17) is 14.2 Å². The Morgan fingerprint density at radius 1 is 0.975 bits per heavy atom. The second-order valence-electron chi connectivity index (χ2n) is 12.4. The van der Waals surface area contributed by atoms with Gasteiger partial charge in [-0.15, -0.1) is 0 Å². The smallest absolute Gasteiger partial charge is 0.143 e. The second-order valence-corrected chi connectivity index (χ2v) is 12.4. The van der Waals surface area contributed by atoms with E-state index in [9.17, 15) is 15.0 Å². The molecule has 0 aliphatic carbocycles. The Labute approximate surface area is 243 Å². The molecule has 0 unspecified atom stereocenters. The van der Waals surface area contributed by atoms with Crippen LogP contribution in [0, 0.1) is 29.1 Å². The number of aliphatic hydroxyl groups excluding tert-OH is 2. The van der Waals surface area contributed by atoms with Crippen molar-refractivity contribution in [3.05, 3.63) is 53.1 Å². The molecular weight excluding hydrogens is 504 g/mol. The van der Waals surface area contributed by atoms with Crippen LogP contribution in [0.4, 0.5) is 0 Å². The minimum Gasteiger partial charge on any atom is -0.497 e. The molecule has 228 valence electrons. The highest BCUT2D eigenvalue weighted by Gasteiger charge is 2.44. The fourth-order valence-corrected chi connectivity index (χ4v) is 5.85. The van der Waals surface area contributed by atoms with Crippen LogP contribution in [0.3, 0.4) is 0 Å². The lowest BCUT2D eigenvalue weighted by Gasteiger charge is -2.39. The molecular formula is C34H56O6. The summed E-state index contributed by atoms with van der Waals surface area (Å²) in [4.78, 5) is 13.7. The van der Waals surface area contributed by atoms with Crippen molar-refractivity contribution in [1.82, 2.24) is 0 Å². The van der Waals surface area contributed by atoms with E-state index in [0.29, 0.717) is 26.1 Å². The first-order chi connectivity index (χ1) is 18.6. The molecule has 7 atom stereocenters. The van der Waals surface area contributed by atoms with Crippen LogP contribution in [-0.4, -0.2) is 55.1 Å². The van der Waals surface area contributed by atoms with Crippen LogP contribution < -0.4 is 4.74 Å². The van der Waals surface area contributed by atoms with Crippen molar-refractivity contribution in [3.8, 4) is 5.75 Å². The van der Waals surface area contributed by atoms with Crippen molar-refractivity contribution in [3.63, 3.8) is 0 Å². The largest absolute Gasteiger partial charge is 0.497 e. The standard InChI is InChI=1S/C34H56O6/c1-22(2)18-23(3)19-24(4)31(36)25(5)20-26(6)32(37)34(8,9)33(39-11)27(7)30(35)16-17-40-21-28-12-14-29(38-10)15-13-28/h12-15,18-19,23,25-27,30-31,33,35-36H,16-17,20-21H2,1-11H3/b24-19+/t23-,25-,26+,27+,30-,31+,33-/m0/s1. The highest BCUT2D eigenvalue weighted by molar-refractivity contribution is 5.86. The van der Waals surface area contributed by atoms with Gasteiger partial charge in [-0.25, -0.2) is 0 Å². The van der Waals surface area contributed by atoms with E-state index < -0.39 is 23.7 Å². The molecule has 1 aromatic rings. The zero-order valence-electron chi connectivity index (χ0n) is 26.9. The number of carbonyl (C=O) groups is 1. The second kappa shape index (κ2) is 17.1. The normalized spacial score (nSPS) is 17.8. The summed E-state index contributed by atoms with van der Waals surface area (Å²) in [5.74, 6) is 0.507. The number of ketones is 1. The maximum Gasteiger partial charge on any atom is 0.143 e. The van der Waals surface area contributed by atoms with Crippen LogP contribution in [0.1, 0.15) is 80.7 Å². The summed E-state index contributed by atoms with van der Waals surface area (Å²) in [6.45, 7) is 18.7. The lowest BCUT2D eigenvalue weighted by atomic mass is 9.70. The van der Waals surface area contributed by atoms with E-state index in [0.717, 1.165) is 16.9 Å². The summed E-state index contributed by atoms with van der Waals surface area (Å²) in [5.41, 5.74) is 2.39. The molecule has 0 aromatic heterocycles. The van der Waals surface area contributed by atoms with E-state index >= 15 is 0 Å². The first-order valence-corrected chi connectivity index (χ1v) is 14.6. The SMILES string of the molecule is COc1ccc(COCC[C@H](O)[C@@H](C)[C@H](OC)C(C)(C)C(=O)[C@H](C)C[C@H](C)[C@H](O)/C(C)=C/[C@@H](C)C=C(C)C)cc1. The quantitative estimate of drug-likeness (QED) is 0.152. The summed E-state index contributed by atoms with van der Waals surface area (Å²) in [7, 11) is 3.23. The third-order valence-electron chi connectivity index (χ3n) is 7.97. The number of hydrogen-bond acceptors (Lipinski definition) is 6. The minimum absolute atomic E-state index is 0.0724. The lowest BCUT2D eigenvalue weighted by Crippen LogP contribution is -2.48. The summed E-state index contributed by atoms with van der Waals surface area (Å²) in [6, 6.07) is 7.70. The van der Waals surface area contributed by atoms with Crippen LogP contribution in [0.2, 0.25) is 0 Å². The molecule has 0 amide bonds. The Morgan fingerprint density at radius 2 is 1.57 bits per heavy atom. The predicted octanol–water partition coefficient (Wildman–Crippen LogP) is 6.78. The van der Waals surface area contributed by atoms with Gasteiger partial charge in [0.25, 0.3) is 0 Å². The Bertz CT molecular complexity index is 944. The topological polar surface area (TPSA) is 85.2 Å². The van der Waals surface area contributed by atoms with Crippen LogP contribution in [-0.2, 0) is 20.9 Å². The zero-order chi connectivity index (χ0) is 30.6. The van der Waals surface area contributed by atoms with Gasteiger partial charge in [-0.2, -0.15) is 0 Å². The minimum atomic E-state index is -0.813. The molecule has 0 heterocycles. The molecule has 6 nitrogen and oxygen atoms in total. The number of aliphatic hydroxyl groups is 2. The Balaban J connectivity index is 2.73. The number of carbonyl (C=O) groups excluding carboxylic acids is 1. The first-order valence-electron chi connectivity index (χ1n) is 14.6. The number of benzene rings is 1. The van der Waals surface area contributed by atoms with E-state index in [1.165, 1.54) is 5.57 Å². The Morgan fingerprint density at radius 3 is 2.10 bits per heavy atom. The van der Waals surface area contributed by atoms with Crippen LogP contribution >= 0.6 is 0 Å². The number of rotatable bonds is 18. The fraction of sp³-hybridized carbons (Fsp3) is 0.676. The monoisotopic (exact) mass is 560 g/mol. The molecule has 6 heteroatoms. The molecule has 0 fully saturated rings. The van der Waals surface area contributed by atoms with Crippen molar-refractivity contribution >= 4 is 5.78 Å². The van der Waals surface area contributed by atoms with Crippen molar-refractivity contribution in [1.29, 1.82) is 0 Å². The van der Waals surface area contributed by atoms with Gasteiger partial charge < -0.3 is 24.4 Å². The van der Waals surface area contributed by atoms with Crippen LogP contribution in [0.5, 0.6) is 5.75 Å². The summed E-state index contributed by atoms with van der Waals surface area (Å²) in [6.07, 6.45) is 3.52. The van der Waals surface area contributed by atoms with Gasteiger partial charge in [-0.3, -0.25) is 4.79 Å². The molecule has 0 bridgehead atoms. The van der Waals surface area contributed by atoms with Crippen molar-refractivity contribution in [2.75, 3.05) is 20.8 Å². The molecule has 0 aliphatic rings. The summed E-state index contributed by atoms with van der Waals surface area (Å²) < 4.78 is 16.8. The van der Waals surface area contributed by atoms with Crippen molar-refractivity contribution in [2.45, 2.75) is 100 Å². The zero-order valence-corrected chi connectivity index (χ0v) is 26.9. The molecule has 1 aromatic carbocycles.